The Labute approximate surface area is 349 Å². The van der Waals surface area contributed by atoms with E-state index in [-0.39, 0.29) is 71.6 Å². The van der Waals surface area contributed by atoms with E-state index in [2.05, 4.69) is 60.3 Å². The first-order chi connectivity index (χ1) is 24.9. The zero-order chi connectivity index (χ0) is 37.2. The normalized spacial score (nSPS) is 18.9. The molecule has 0 spiro atoms. The minimum atomic E-state index is -0.885. The number of pyridine rings is 1. The molecule has 1 saturated heterocycles. The molecule has 2 aliphatic rings. The molecule has 2 aliphatic heterocycles. The second kappa shape index (κ2) is 19.7. The zero-order valence-corrected chi connectivity index (χ0v) is 36.6. The number of nitrogens with zero attached hydrogens (tertiary/aromatic N) is 5. The second-order valence-corrected chi connectivity index (χ2v) is 15.6. The summed E-state index contributed by atoms with van der Waals surface area (Å²) in [4.78, 5) is 52.2. The van der Waals surface area contributed by atoms with Gasteiger partial charge in [0.25, 0.3) is 5.91 Å². The summed E-state index contributed by atoms with van der Waals surface area (Å²) < 4.78 is 14.2. The largest absolute Gasteiger partial charge is 0.464 e. The van der Waals surface area contributed by atoms with Crippen molar-refractivity contribution < 1.29 is 23.9 Å². The fourth-order valence-corrected chi connectivity index (χ4v) is 8.11. The fraction of sp³-hybridized carbons (Fsp3) is 0.513. The van der Waals surface area contributed by atoms with Crippen LogP contribution in [0, 0.1) is 5.41 Å². The molecule has 5 heterocycles. The predicted octanol–water partition coefficient (Wildman–Crippen LogP) is 6.48. The van der Waals surface area contributed by atoms with Crippen LogP contribution in [-0.2, 0) is 38.4 Å². The zero-order valence-electron chi connectivity index (χ0n) is 32.8. The molecular weight excluding hydrogens is 775 g/mol. The Morgan fingerprint density at radius 1 is 1.20 bits per heavy atom. The standard InChI is InChI=1S/C39H51N7O5S.3H2S/c1-8-17-44(6)38(49)42-30-20-33-41-31(22-52-33)25-14-15-32-27(19-25)28(35(45(32)9-2)26-12-10-16-40-34(26)24(3)50-7)21-39(4,5)23-51-37(48)29-13-11-18-46(43-29)36(30)47;;;/h10,12,14-16,19,22,24,29-30,43H,8-9,11,13,17-18,20-21,23H2,1-7H3,(H,42,49);3*1H2/t24-,29-,30-;;;/m0.../s1. The molecule has 0 aliphatic carbocycles. The van der Waals surface area contributed by atoms with Gasteiger partial charge < -0.3 is 24.3 Å². The lowest BCUT2D eigenvalue weighted by Gasteiger charge is -2.35. The van der Waals surface area contributed by atoms with E-state index in [4.69, 9.17) is 19.4 Å². The van der Waals surface area contributed by atoms with Gasteiger partial charge >= 0.3 is 12.0 Å². The van der Waals surface area contributed by atoms with Crippen molar-refractivity contribution in [1.82, 2.24) is 35.2 Å². The molecule has 302 valence electrons. The van der Waals surface area contributed by atoms with Gasteiger partial charge in [-0.25, -0.2) is 15.2 Å². The van der Waals surface area contributed by atoms with Gasteiger partial charge in [-0.3, -0.25) is 19.6 Å². The Kier molecular flexibility index (Phi) is 16.5. The first kappa shape index (κ1) is 46.1. The predicted molar refractivity (Wildman–Crippen MR) is 234 cm³/mol. The summed E-state index contributed by atoms with van der Waals surface area (Å²) in [6.07, 6.45) is 4.35. The number of nitrogens with one attached hydrogen (secondary N) is 2. The van der Waals surface area contributed by atoms with Gasteiger partial charge in [0, 0.05) is 79.2 Å². The Balaban J connectivity index is 0.00000271. The third-order valence-corrected chi connectivity index (χ3v) is 10.9. The Morgan fingerprint density at radius 3 is 2.67 bits per heavy atom. The summed E-state index contributed by atoms with van der Waals surface area (Å²) >= 11 is 1.47. The van der Waals surface area contributed by atoms with Crippen molar-refractivity contribution >= 4 is 80.6 Å². The maximum Gasteiger partial charge on any atom is 0.324 e. The number of hydrogen-bond acceptors (Lipinski definition) is 9. The molecule has 0 unspecified atom stereocenters. The highest BCUT2D eigenvalue weighted by molar-refractivity contribution is 7.59. The summed E-state index contributed by atoms with van der Waals surface area (Å²) in [6.45, 7) is 12.3. The monoisotopic (exact) mass is 831 g/mol. The van der Waals surface area contributed by atoms with Gasteiger partial charge in [0.05, 0.1) is 34.8 Å². The van der Waals surface area contributed by atoms with Crippen LogP contribution in [0.4, 0.5) is 4.79 Å². The number of methoxy groups -OCH3 is 1. The molecular formula is C39H57N7O5S4. The van der Waals surface area contributed by atoms with E-state index in [1.165, 1.54) is 16.3 Å². The number of esters is 1. The summed E-state index contributed by atoms with van der Waals surface area (Å²) in [5.74, 6) is -0.715. The van der Waals surface area contributed by atoms with E-state index >= 15 is 0 Å². The van der Waals surface area contributed by atoms with Gasteiger partial charge in [-0.2, -0.15) is 40.5 Å². The Morgan fingerprint density at radius 2 is 1.96 bits per heavy atom. The third-order valence-electron chi connectivity index (χ3n) is 10.0. The number of cyclic esters (lactones) is 1. The lowest BCUT2D eigenvalue weighted by Crippen LogP contribution is -2.61. The smallest absolute Gasteiger partial charge is 0.324 e. The highest BCUT2D eigenvalue weighted by Crippen LogP contribution is 2.42. The van der Waals surface area contributed by atoms with Crippen LogP contribution < -0.4 is 10.7 Å². The molecule has 4 aromatic rings. The van der Waals surface area contributed by atoms with Crippen LogP contribution in [0.25, 0.3) is 33.4 Å². The summed E-state index contributed by atoms with van der Waals surface area (Å²) in [7, 11) is 3.41. The van der Waals surface area contributed by atoms with Crippen molar-refractivity contribution in [2.75, 3.05) is 33.9 Å². The lowest BCUT2D eigenvalue weighted by molar-refractivity contribution is -0.155. The quantitative estimate of drug-likeness (QED) is 0.203. The van der Waals surface area contributed by atoms with Gasteiger partial charge in [-0.15, -0.1) is 11.3 Å². The summed E-state index contributed by atoms with van der Waals surface area (Å²) in [5, 5.41) is 8.25. The third kappa shape index (κ3) is 10.0. The van der Waals surface area contributed by atoms with Crippen LogP contribution >= 0.6 is 51.8 Å². The highest BCUT2D eigenvalue weighted by atomic mass is 32.1. The van der Waals surface area contributed by atoms with Crippen molar-refractivity contribution in [1.29, 1.82) is 0 Å². The van der Waals surface area contributed by atoms with Gasteiger partial charge in [-0.05, 0) is 69.4 Å². The van der Waals surface area contributed by atoms with Crippen molar-refractivity contribution in [3.8, 4) is 22.5 Å². The molecule has 2 N–H and O–H groups in total. The number of ether oxygens (including phenoxy) is 2. The number of carbonyl (C=O) groups is 3. The maximum absolute atomic E-state index is 14.0. The number of fused-ring (bicyclic) bond motifs is 6. The van der Waals surface area contributed by atoms with Crippen LogP contribution in [-0.4, -0.2) is 88.3 Å². The molecule has 3 amide bonds. The number of hydrogen-bond donors (Lipinski definition) is 2. The molecule has 3 atom stereocenters. The summed E-state index contributed by atoms with van der Waals surface area (Å²) in [5.41, 5.74) is 9.60. The molecule has 1 aromatic carbocycles. The van der Waals surface area contributed by atoms with E-state index in [9.17, 15) is 14.4 Å². The van der Waals surface area contributed by atoms with E-state index in [0.29, 0.717) is 32.4 Å². The summed E-state index contributed by atoms with van der Waals surface area (Å²) in [6, 6.07) is 8.61. The fourth-order valence-electron chi connectivity index (χ4n) is 7.26. The number of hydrazine groups is 1. The van der Waals surface area contributed by atoms with Crippen LogP contribution in [0.3, 0.4) is 0 Å². The minimum Gasteiger partial charge on any atom is -0.464 e. The number of benzene rings is 1. The van der Waals surface area contributed by atoms with E-state index in [0.717, 1.165) is 62.6 Å². The maximum atomic E-state index is 14.0. The van der Waals surface area contributed by atoms with E-state index < -0.39 is 23.5 Å². The van der Waals surface area contributed by atoms with Gasteiger partial charge in [0.15, 0.2) is 0 Å². The number of aryl methyl sites for hydroxylation is 1. The van der Waals surface area contributed by atoms with Crippen LogP contribution in [0.5, 0.6) is 0 Å². The van der Waals surface area contributed by atoms with E-state index in [1.807, 2.05) is 25.3 Å². The molecule has 6 bridgehead atoms. The molecule has 6 rings (SSSR count). The van der Waals surface area contributed by atoms with Crippen LogP contribution in [0.15, 0.2) is 41.9 Å². The van der Waals surface area contributed by atoms with E-state index in [1.54, 1.807) is 25.3 Å². The molecule has 0 radical (unpaired) electrons. The number of thiazole rings is 1. The number of aromatic nitrogens is 3. The minimum absolute atomic E-state index is 0. The number of carbonyl (C=O) groups excluding carboxylic acids is 3. The average molecular weight is 832 g/mol. The Bertz CT molecular complexity index is 1950. The van der Waals surface area contributed by atoms with Crippen LogP contribution in [0.2, 0.25) is 0 Å². The van der Waals surface area contributed by atoms with Crippen molar-refractivity contribution in [2.45, 2.75) is 91.5 Å². The number of amides is 3. The second-order valence-electron chi connectivity index (χ2n) is 14.6. The highest BCUT2D eigenvalue weighted by Gasteiger charge is 2.36. The van der Waals surface area contributed by atoms with Gasteiger partial charge in [0.1, 0.15) is 12.1 Å². The van der Waals surface area contributed by atoms with Crippen molar-refractivity contribution in [3.63, 3.8) is 0 Å². The topological polar surface area (TPSA) is 131 Å². The van der Waals surface area contributed by atoms with Crippen molar-refractivity contribution in [3.05, 3.63) is 58.2 Å². The number of urea groups is 1. The molecule has 3 aromatic heterocycles. The van der Waals surface area contributed by atoms with Crippen LogP contribution in [0.1, 0.15) is 76.3 Å². The molecule has 55 heavy (non-hydrogen) atoms. The molecule has 1 fully saturated rings. The Hall–Kier alpha value is -3.28. The molecule has 0 saturated carbocycles. The first-order valence-electron chi connectivity index (χ1n) is 18.3. The first-order valence-corrected chi connectivity index (χ1v) is 19.2. The van der Waals surface area contributed by atoms with Crippen molar-refractivity contribution in [2.24, 2.45) is 5.41 Å². The van der Waals surface area contributed by atoms with Gasteiger partial charge in [-0.1, -0.05) is 26.8 Å². The lowest BCUT2D eigenvalue weighted by atomic mass is 9.84. The molecule has 12 nitrogen and oxygen atoms in total. The van der Waals surface area contributed by atoms with Gasteiger partial charge in [0.2, 0.25) is 0 Å². The number of rotatable bonds is 7. The molecule has 16 heteroatoms. The average Bonchev–Trinajstić information content (AvgIpc) is 3.74. The SMILES string of the molecule is CCCN(C)C(=O)N[C@H]1Cc2nc(cs2)-c2ccc3c(c2)c(c(-c2cccnc2[C@H](C)OC)n3CC)CC(C)(C)COC(=O)[C@@H]2CCCN(N2)C1=O.S.S.S.